The minimum Gasteiger partial charge on any atom is -0.336 e. The van der Waals surface area contributed by atoms with E-state index in [4.69, 9.17) is 0 Å². The Balaban J connectivity index is 1.70. The van der Waals surface area contributed by atoms with Crippen LogP contribution in [0.2, 0.25) is 0 Å². The molecule has 1 aliphatic heterocycles. The smallest absolute Gasteiger partial charge is 0.274 e. The van der Waals surface area contributed by atoms with E-state index >= 15 is 0 Å². The quantitative estimate of drug-likeness (QED) is 0.840. The van der Waals surface area contributed by atoms with Gasteiger partial charge in [0.25, 0.3) is 11.8 Å². The van der Waals surface area contributed by atoms with Crippen LogP contribution >= 0.6 is 0 Å². The first-order chi connectivity index (χ1) is 13.4. The number of piperazine rings is 1. The van der Waals surface area contributed by atoms with Crippen LogP contribution in [0.3, 0.4) is 0 Å². The molecule has 0 spiro atoms. The van der Waals surface area contributed by atoms with Crippen molar-refractivity contribution >= 4 is 29.1 Å². The average molecular weight is 381 g/mol. The topological polar surface area (TPSA) is 94.6 Å². The summed E-state index contributed by atoms with van der Waals surface area (Å²) < 4.78 is 0. The van der Waals surface area contributed by atoms with Gasteiger partial charge >= 0.3 is 0 Å². The molecule has 8 nitrogen and oxygen atoms in total. The third-order valence-electron chi connectivity index (χ3n) is 4.47. The summed E-state index contributed by atoms with van der Waals surface area (Å²) in [5, 5.41) is 5.40. The Labute approximate surface area is 163 Å². The maximum absolute atomic E-state index is 12.7. The number of amides is 3. The second kappa shape index (κ2) is 8.62. The summed E-state index contributed by atoms with van der Waals surface area (Å²) in [6.45, 7) is 4.39. The number of benzene rings is 1. The highest BCUT2D eigenvalue weighted by molar-refractivity contribution is 6.05. The number of hydrogen-bond donors (Lipinski definition) is 2. The zero-order valence-electron chi connectivity index (χ0n) is 15.9. The van der Waals surface area contributed by atoms with Gasteiger partial charge in [-0.2, -0.15) is 0 Å². The average Bonchev–Trinajstić information content (AvgIpc) is 2.68. The third-order valence-corrected chi connectivity index (χ3v) is 4.47. The van der Waals surface area contributed by atoms with E-state index in [0.29, 0.717) is 30.0 Å². The molecule has 3 rings (SSSR count). The molecule has 2 aromatic rings. The van der Waals surface area contributed by atoms with Crippen molar-refractivity contribution < 1.29 is 14.4 Å². The molecule has 2 N–H and O–H groups in total. The Morgan fingerprint density at radius 1 is 0.964 bits per heavy atom. The number of nitrogens with one attached hydrogen (secondary N) is 2. The maximum atomic E-state index is 12.7. The molecule has 146 valence electrons. The number of anilines is 2. The molecule has 1 saturated heterocycles. The van der Waals surface area contributed by atoms with E-state index in [0.717, 1.165) is 13.1 Å². The summed E-state index contributed by atoms with van der Waals surface area (Å²) in [5.74, 6) is -0.717. The van der Waals surface area contributed by atoms with Crippen LogP contribution in [0.25, 0.3) is 0 Å². The molecule has 1 fully saturated rings. The summed E-state index contributed by atoms with van der Waals surface area (Å²) in [6.07, 6.45) is 1.46. The number of pyridine rings is 1. The van der Waals surface area contributed by atoms with Gasteiger partial charge < -0.3 is 20.4 Å². The molecule has 28 heavy (non-hydrogen) atoms. The Morgan fingerprint density at radius 2 is 1.64 bits per heavy atom. The van der Waals surface area contributed by atoms with E-state index in [1.807, 2.05) is 7.05 Å². The Morgan fingerprint density at radius 3 is 2.32 bits per heavy atom. The number of carbonyl (C=O) groups is 3. The Bertz CT molecular complexity index is 891. The first-order valence-corrected chi connectivity index (χ1v) is 9.05. The van der Waals surface area contributed by atoms with Gasteiger partial charge in [-0.3, -0.25) is 19.4 Å². The van der Waals surface area contributed by atoms with Crippen LogP contribution < -0.4 is 10.6 Å². The van der Waals surface area contributed by atoms with Gasteiger partial charge in [0, 0.05) is 56.2 Å². The van der Waals surface area contributed by atoms with Crippen molar-refractivity contribution in [3.8, 4) is 0 Å². The van der Waals surface area contributed by atoms with Gasteiger partial charge in [-0.05, 0) is 37.4 Å². The molecule has 0 atom stereocenters. The highest BCUT2D eigenvalue weighted by Crippen LogP contribution is 2.16. The van der Waals surface area contributed by atoms with Crippen molar-refractivity contribution in [3.05, 3.63) is 53.9 Å². The van der Waals surface area contributed by atoms with Crippen LogP contribution in [0, 0.1) is 0 Å². The first-order valence-electron chi connectivity index (χ1n) is 9.05. The van der Waals surface area contributed by atoms with Gasteiger partial charge in [-0.1, -0.05) is 6.07 Å². The lowest BCUT2D eigenvalue weighted by molar-refractivity contribution is -0.114. The Kier molecular flexibility index (Phi) is 6.00. The van der Waals surface area contributed by atoms with E-state index in [9.17, 15) is 14.4 Å². The fourth-order valence-corrected chi connectivity index (χ4v) is 2.95. The molecule has 8 heteroatoms. The van der Waals surface area contributed by atoms with Crippen LogP contribution in [0.1, 0.15) is 27.8 Å². The molecule has 1 aromatic heterocycles. The van der Waals surface area contributed by atoms with Crippen molar-refractivity contribution in [2.45, 2.75) is 6.92 Å². The summed E-state index contributed by atoms with van der Waals surface area (Å²) in [7, 11) is 2.03. The van der Waals surface area contributed by atoms with Crippen LogP contribution in [-0.4, -0.2) is 65.7 Å². The lowest BCUT2D eigenvalue weighted by Crippen LogP contribution is -2.47. The van der Waals surface area contributed by atoms with E-state index in [-0.39, 0.29) is 17.5 Å². The highest BCUT2D eigenvalue weighted by Gasteiger charge is 2.21. The van der Waals surface area contributed by atoms with E-state index < -0.39 is 5.91 Å². The molecule has 3 amide bonds. The van der Waals surface area contributed by atoms with Crippen molar-refractivity contribution in [2.75, 3.05) is 43.9 Å². The fraction of sp³-hybridized carbons (Fsp3) is 0.300. The first kappa shape index (κ1) is 19.5. The van der Waals surface area contributed by atoms with Gasteiger partial charge in [0.15, 0.2) is 0 Å². The fourth-order valence-electron chi connectivity index (χ4n) is 2.95. The van der Waals surface area contributed by atoms with E-state index in [2.05, 4.69) is 20.5 Å². The standard InChI is InChI=1S/C20H23N5O3/c1-14(26)22-16-4-3-5-17(13-16)23-19(27)18-12-15(6-7-21-18)20(28)25-10-8-24(2)9-11-25/h3-7,12-13H,8-11H2,1-2H3,(H,22,26)(H,23,27). The second-order valence-corrected chi connectivity index (χ2v) is 6.74. The van der Waals surface area contributed by atoms with E-state index in [1.54, 1.807) is 35.2 Å². The molecule has 0 bridgehead atoms. The Hall–Kier alpha value is -3.26. The lowest BCUT2D eigenvalue weighted by atomic mass is 10.1. The summed E-state index contributed by atoms with van der Waals surface area (Å²) >= 11 is 0. The summed E-state index contributed by atoms with van der Waals surface area (Å²) in [4.78, 5) is 44.5. The van der Waals surface area contributed by atoms with Crippen molar-refractivity contribution in [2.24, 2.45) is 0 Å². The number of hydrogen-bond acceptors (Lipinski definition) is 5. The van der Waals surface area contributed by atoms with E-state index in [1.165, 1.54) is 19.2 Å². The third kappa shape index (κ3) is 4.92. The molecule has 2 heterocycles. The molecule has 1 aromatic carbocycles. The maximum Gasteiger partial charge on any atom is 0.274 e. The number of carbonyl (C=O) groups excluding carboxylic acids is 3. The largest absolute Gasteiger partial charge is 0.336 e. The SMILES string of the molecule is CC(=O)Nc1cccc(NC(=O)c2cc(C(=O)N3CCN(C)CC3)ccn2)c1. The summed E-state index contributed by atoms with van der Waals surface area (Å²) in [5.41, 5.74) is 1.70. The van der Waals surface area contributed by atoms with Crippen molar-refractivity contribution in [1.82, 2.24) is 14.8 Å². The van der Waals surface area contributed by atoms with Crippen molar-refractivity contribution in [1.29, 1.82) is 0 Å². The molecule has 1 aliphatic rings. The van der Waals surface area contributed by atoms with Crippen LogP contribution in [0.4, 0.5) is 11.4 Å². The molecule has 0 saturated carbocycles. The van der Waals surface area contributed by atoms with Crippen molar-refractivity contribution in [3.63, 3.8) is 0 Å². The zero-order chi connectivity index (χ0) is 20.1. The van der Waals surface area contributed by atoms with Crippen LogP contribution in [-0.2, 0) is 4.79 Å². The van der Waals surface area contributed by atoms with Crippen LogP contribution in [0.5, 0.6) is 0 Å². The molecule has 0 aliphatic carbocycles. The molecular weight excluding hydrogens is 358 g/mol. The second-order valence-electron chi connectivity index (χ2n) is 6.74. The summed E-state index contributed by atoms with van der Waals surface area (Å²) in [6, 6.07) is 9.94. The number of likely N-dealkylation sites (N-methyl/N-ethyl adjacent to an activating group) is 1. The number of aromatic nitrogens is 1. The minimum absolute atomic E-state index is 0.0998. The van der Waals surface area contributed by atoms with Gasteiger partial charge in [-0.15, -0.1) is 0 Å². The monoisotopic (exact) mass is 381 g/mol. The molecular formula is C20H23N5O3. The lowest BCUT2D eigenvalue weighted by Gasteiger charge is -2.32. The minimum atomic E-state index is -0.423. The molecule has 0 radical (unpaired) electrons. The number of nitrogens with zero attached hydrogens (tertiary/aromatic N) is 3. The predicted molar refractivity (Wildman–Crippen MR) is 106 cm³/mol. The molecule has 0 unspecified atom stereocenters. The highest BCUT2D eigenvalue weighted by atomic mass is 16.2. The van der Waals surface area contributed by atoms with Gasteiger partial charge in [0.05, 0.1) is 0 Å². The van der Waals surface area contributed by atoms with Gasteiger partial charge in [0.1, 0.15) is 5.69 Å². The van der Waals surface area contributed by atoms with Gasteiger partial charge in [0.2, 0.25) is 5.91 Å². The van der Waals surface area contributed by atoms with Crippen LogP contribution in [0.15, 0.2) is 42.6 Å². The zero-order valence-corrected chi connectivity index (χ0v) is 15.9. The normalized spacial score (nSPS) is 14.4. The van der Waals surface area contributed by atoms with Gasteiger partial charge in [-0.25, -0.2) is 0 Å². The predicted octanol–water partition coefficient (Wildman–Crippen LogP) is 1.68. The number of rotatable bonds is 4.